The summed E-state index contributed by atoms with van der Waals surface area (Å²) >= 11 is 1.09. The van der Waals surface area contributed by atoms with Gasteiger partial charge < -0.3 is 9.47 Å². The molecule has 9 nitrogen and oxygen atoms in total. The van der Waals surface area contributed by atoms with Crippen LogP contribution in [0.1, 0.15) is 0 Å². The monoisotopic (exact) mass is 523 g/mol. The number of pyridine rings is 2. The Labute approximate surface area is 209 Å². The van der Waals surface area contributed by atoms with E-state index in [-0.39, 0.29) is 15.9 Å². The molecule has 5 rings (SSSR count). The molecule has 0 saturated heterocycles. The maximum atomic E-state index is 13.9. The predicted molar refractivity (Wildman–Crippen MR) is 134 cm³/mol. The van der Waals surface area contributed by atoms with Gasteiger partial charge in [-0.2, -0.15) is 0 Å². The van der Waals surface area contributed by atoms with E-state index in [4.69, 9.17) is 9.47 Å². The maximum absolute atomic E-state index is 13.9. The third-order valence-electron chi connectivity index (χ3n) is 5.41. The molecule has 0 aliphatic rings. The highest BCUT2D eigenvalue weighted by molar-refractivity contribution is 7.93. The highest BCUT2D eigenvalue weighted by Gasteiger charge is 2.19. The van der Waals surface area contributed by atoms with Crippen LogP contribution >= 0.6 is 11.3 Å². The molecule has 2 aromatic carbocycles. The highest BCUT2D eigenvalue weighted by Crippen LogP contribution is 2.38. The fraction of sp³-hybridized carbons (Fsp3) is 0.0833. The van der Waals surface area contributed by atoms with E-state index >= 15 is 0 Å². The number of anilines is 1. The van der Waals surface area contributed by atoms with Crippen LogP contribution in [0.4, 0.5) is 9.52 Å². The number of ether oxygens (including phenoxy) is 2. The lowest BCUT2D eigenvalue weighted by Gasteiger charge is -2.14. The number of rotatable bonds is 7. The largest absolute Gasteiger partial charge is 0.496 e. The molecule has 0 amide bonds. The molecule has 0 fully saturated rings. The third-order valence-corrected chi connectivity index (χ3v) is 7.48. The molecule has 0 spiro atoms. The van der Waals surface area contributed by atoms with Crippen LogP contribution in [0.2, 0.25) is 0 Å². The van der Waals surface area contributed by atoms with Crippen molar-refractivity contribution in [3.63, 3.8) is 0 Å². The molecule has 182 valence electrons. The Kier molecular flexibility index (Phi) is 6.20. The molecule has 0 aliphatic carbocycles. The lowest BCUT2D eigenvalue weighted by Crippen LogP contribution is -2.12. The van der Waals surface area contributed by atoms with Crippen molar-refractivity contribution in [2.75, 3.05) is 18.9 Å². The molecular weight excluding hydrogens is 505 g/mol. The van der Waals surface area contributed by atoms with Gasteiger partial charge in [0.1, 0.15) is 17.1 Å². The molecule has 0 aliphatic heterocycles. The summed E-state index contributed by atoms with van der Waals surface area (Å²) in [6.45, 7) is 0. The number of nitrogens with zero attached hydrogens (tertiary/aromatic N) is 4. The quantitative estimate of drug-likeness (QED) is 0.324. The van der Waals surface area contributed by atoms with Gasteiger partial charge in [-0.3, -0.25) is 9.71 Å². The molecule has 3 heterocycles. The minimum atomic E-state index is -3.85. The zero-order chi connectivity index (χ0) is 25.3. The number of benzene rings is 2. The van der Waals surface area contributed by atoms with Crippen LogP contribution in [0.25, 0.3) is 33.2 Å². The van der Waals surface area contributed by atoms with E-state index in [1.165, 1.54) is 31.9 Å². The number of fused-ring (bicyclic) bond motifs is 1. The van der Waals surface area contributed by atoms with Gasteiger partial charge in [-0.15, -0.1) is 10.2 Å². The first-order valence-electron chi connectivity index (χ1n) is 10.5. The molecule has 0 bridgehead atoms. The van der Waals surface area contributed by atoms with Gasteiger partial charge in [0.25, 0.3) is 10.0 Å². The number of nitrogens with one attached hydrogen (secondary N) is 1. The summed E-state index contributed by atoms with van der Waals surface area (Å²) in [6, 6.07) is 13.2. The minimum Gasteiger partial charge on any atom is -0.496 e. The molecule has 3 aromatic heterocycles. The molecule has 0 atom stereocenters. The second kappa shape index (κ2) is 9.47. The summed E-state index contributed by atoms with van der Waals surface area (Å²) in [4.78, 5) is 8.60. The predicted octanol–water partition coefficient (Wildman–Crippen LogP) is 4.77. The fourth-order valence-electron chi connectivity index (χ4n) is 3.78. The minimum absolute atomic E-state index is 0.0790. The van der Waals surface area contributed by atoms with E-state index in [9.17, 15) is 12.8 Å². The Balaban J connectivity index is 1.57. The Bertz CT molecular complexity index is 1680. The van der Waals surface area contributed by atoms with Crippen LogP contribution in [-0.4, -0.2) is 42.8 Å². The first-order valence-corrected chi connectivity index (χ1v) is 12.8. The summed E-state index contributed by atoms with van der Waals surface area (Å²) in [5.74, 6) is 0.287. The normalized spacial score (nSPS) is 11.4. The van der Waals surface area contributed by atoms with Crippen LogP contribution in [0.15, 0.2) is 71.3 Å². The average molecular weight is 524 g/mol. The second-order valence-corrected chi connectivity index (χ2v) is 10.0. The number of halogens is 1. The Hall–Kier alpha value is -4.16. The van der Waals surface area contributed by atoms with Gasteiger partial charge in [0, 0.05) is 22.7 Å². The summed E-state index contributed by atoms with van der Waals surface area (Å²) in [6.07, 6.45) is 2.69. The Morgan fingerprint density at radius 3 is 2.58 bits per heavy atom. The summed E-state index contributed by atoms with van der Waals surface area (Å²) in [5, 5.41) is 8.95. The zero-order valence-electron chi connectivity index (χ0n) is 19.0. The Morgan fingerprint density at radius 2 is 1.83 bits per heavy atom. The van der Waals surface area contributed by atoms with E-state index in [0.717, 1.165) is 22.9 Å². The first-order chi connectivity index (χ1) is 17.4. The van der Waals surface area contributed by atoms with Gasteiger partial charge in [-0.25, -0.2) is 17.8 Å². The molecule has 0 unspecified atom stereocenters. The van der Waals surface area contributed by atoms with Gasteiger partial charge in [-0.1, -0.05) is 23.5 Å². The van der Waals surface area contributed by atoms with Crippen LogP contribution in [0.5, 0.6) is 11.6 Å². The van der Waals surface area contributed by atoms with E-state index in [1.54, 1.807) is 36.5 Å². The molecular formula is C24H18FN5O4S2. The van der Waals surface area contributed by atoms with Crippen molar-refractivity contribution in [3.8, 4) is 34.0 Å². The first kappa shape index (κ1) is 23.6. The topological polar surface area (TPSA) is 116 Å². The van der Waals surface area contributed by atoms with Crippen LogP contribution < -0.4 is 14.2 Å². The van der Waals surface area contributed by atoms with Crippen molar-refractivity contribution in [2.24, 2.45) is 0 Å². The van der Waals surface area contributed by atoms with Gasteiger partial charge >= 0.3 is 0 Å². The number of sulfonamides is 1. The highest BCUT2D eigenvalue weighted by atomic mass is 32.2. The van der Waals surface area contributed by atoms with Gasteiger partial charge in [0.05, 0.1) is 31.0 Å². The molecule has 0 radical (unpaired) electrons. The van der Waals surface area contributed by atoms with Crippen LogP contribution in [0.3, 0.4) is 0 Å². The van der Waals surface area contributed by atoms with Crippen molar-refractivity contribution in [3.05, 3.63) is 72.3 Å². The van der Waals surface area contributed by atoms with Crippen molar-refractivity contribution < 1.29 is 22.3 Å². The SMILES string of the molecule is COc1cc(-c2cc(F)cnc2OC)ccc1-c1nccc2cc(S(=O)(=O)Nc3nncs3)ccc12. The van der Waals surface area contributed by atoms with E-state index in [2.05, 4.69) is 24.9 Å². The van der Waals surface area contributed by atoms with Crippen molar-refractivity contribution >= 4 is 37.3 Å². The summed E-state index contributed by atoms with van der Waals surface area (Å²) < 4.78 is 52.8. The van der Waals surface area contributed by atoms with Crippen molar-refractivity contribution in [2.45, 2.75) is 4.90 Å². The Morgan fingerprint density at radius 1 is 0.972 bits per heavy atom. The molecule has 0 saturated carbocycles. The molecule has 1 N–H and O–H groups in total. The average Bonchev–Trinajstić information content (AvgIpc) is 3.40. The van der Waals surface area contributed by atoms with Gasteiger partial charge in [0.2, 0.25) is 11.0 Å². The zero-order valence-corrected chi connectivity index (χ0v) is 20.6. The fourth-order valence-corrected chi connectivity index (χ4v) is 5.51. The van der Waals surface area contributed by atoms with Crippen molar-refractivity contribution in [1.82, 2.24) is 20.2 Å². The third kappa shape index (κ3) is 4.43. The van der Waals surface area contributed by atoms with E-state index < -0.39 is 15.8 Å². The smallest absolute Gasteiger partial charge is 0.263 e. The lowest BCUT2D eigenvalue weighted by molar-refractivity contribution is 0.397. The molecule has 5 aromatic rings. The summed E-state index contributed by atoms with van der Waals surface area (Å²) in [5.41, 5.74) is 3.84. The van der Waals surface area contributed by atoms with Gasteiger partial charge in [0.15, 0.2) is 0 Å². The number of hydrogen-bond acceptors (Lipinski definition) is 9. The number of methoxy groups -OCH3 is 2. The maximum Gasteiger partial charge on any atom is 0.263 e. The number of aromatic nitrogens is 4. The molecule has 12 heteroatoms. The standard InChI is InChI=1S/C24H18FN5O4S2/c1-33-21-10-14(20-11-16(25)12-27-23(20)34-2)3-5-19(21)22-18-6-4-17(9-15(18)7-8-26-22)36(31,32)30-24-29-28-13-35-24/h3-13H,1-2H3,(H,29,30). The van der Waals surface area contributed by atoms with Gasteiger partial charge in [-0.05, 0) is 47.3 Å². The molecule has 36 heavy (non-hydrogen) atoms. The van der Waals surface area contributed by atoms with Crippen LogP contribution in [0, 0.1) is 5.82 Å². The van der Waals surface area contributed by atoms with E-state index in [1.807, 2.05) is 6.07 Å². The van der Waals surface area contributed by atoms with Crippen LogP contribution in [-0.2, 0) is 10.0 Å². The lowest BCUT2D eigenvalue weighted by atomic mass is 9.99. The van der Waals surface area contributed by atoms with Crippen molar-refractivity contribution in [1.29, 1.82) is 0 Å². The summed E-state index contributed by atoms with van der Waals surface area (Å²) in [7, 11) is -0.855. The number of hydrogen-bond donors (Lipinski definition) is 1. The second-order valence-electron chi connectivity index (χ2n) is 7.52. The van der Waals surface area contributed by atoms with E-state index in [0.29, 0.717) is 33.5 Å².